The molecule has 0 atom stereocenters. The topological polar surface area (TPSA) is 105 Å². The van der Waals surface area contributed by atoms with Gasteiger partial charge in [0.25, 0.3) is 0 Å². The highest BCUT2D eigenvalue weighted by molar-refractivity contribution is 6.20. The smallest absolute Gasteiger partial charge is 0.305 e. The van der Waals surface area contributed by atoms with E-state index in [1.165, 1.54) is 12.2 Å². The molecule has 8 heteroatoms. The van der Waals surface area contributed by atoms with Gasteiger partial charge in [0.15, 0.2) is 11.6 Å². The Balaban J connectivity index is 2.49. The Hall–Kier alpha value is -2.32. The maximum atomic E-state index is 13.1. The highest BCUT2D eigenvalue weighted by Gasteiger charge is 2.36. The maximum absolute atomic E-state index is 13.1. The quantitative estimate of drug-likeness (QED) is 0.0882. The van der Waals surface area contributed by atoms with Crippen molar-refractivity contribution < 1.29 is 38.1 Å². The lowest BCUT2D eigenvalue weighted by Crippen LogP contribution is -2.30. The number of carbonyl (C=O) groups excluding carboxylic acids is 4. The van der Waals surface area contributed by atoms with E-state index in [-0.39, 0.29) is 49.6 Å². The second-order valence-electron chi connectivity index (χ2n) is 11.7. The average Bonchev–Trinajstić information content (AvgIpc) is 2.89. The largest absolute Gasteiger partial charge is 0.463 e. The molecule has 0 aromatic carbocycles. The summed E-state index contributed by atoms with van der Waals surface area (Å²) in [6.45, 7) is 14.4. The van der Waals surface area contributed by atoms with Gasteiger partial charge in [-0.1, -0.05) is 54.4 Å². The predicted octanol–water partition coefficient (Wildman–Crippen LogP) is 6.10. The van der Waals surface area contributed by atoms with Crippen molar-refractivity contribution in [2.45, 2.75) is 106 Å². The lowest BCUT2D eigenvalue weighted by Gasteiger charge is -2.32. The molecule has 0 amide bonds. The second-order valence-corrected chi connectivity index (χ2v) is 11.7. The third-order valence-electron chi connectivity index (χ3n) is 7.17. The standard InChI is InChI=1S/C32H52O8/c1-7-9-17-37-19-21-39-29(35)13-11-15-31(3,4)25-23-28(34)26(24-27(25)33)32(5,6)16-12-14-30(36)40-22-20-38-18-10-8-2/h23-24H,7-22H2,1-6H3. The SMILES string of the molecule is CCCCOCCOC(=O)CCCC(C)(C)C1=CC(=O)C(C(C)(C)CCCC(=O)OCCOCCCC)=CC1=O. The summed E-state index contributed by atoms with van der Waals surface area (Å²) in [7, 11) is 0. The van der Waals surface area contributed by atoms with Gasteiger partial charge in [-0.15, -0.1) is 0 Å². The van der Waals surface area contributed by atoms with Crippen LogP contribution in [0.2, 0.25) is 0 Å². The predicted molar refractivity (Wildman–Crippen MR) is 155 cm³/mol. The molecule has 0 saturated heterocycles. The molecule has 0 N–H and O–H groups in total. The summed E-state index contributed by atoms with van der Waals surface area (Å²) >= 11 is 0. The minimum atomic E-state index is -0.563. The first-order valence-corrected chi connectivity index (χ1v) is 14.9. The molecule has 8 nitrogen and oxygen atoms in total. The first-order valence-electron chi connectivity index (χ1n) is 14.9. The fourth-order valence-corrected chi connectivity index (χ4v) is 4.51. The van der Waals surface area contributed by atoms with Gasteiger partial charge in [0.1, 0.15) is 13.2 Å². The molecule has 1 rings (SSSR count). The highest BCUT2D eigenvalue weighted by atomic mass is 16.6. The van der Waals surface area contributed by atoms with Crippen LogP contribution in [0.4, 0.5) is 0 Å². The molecule has 40 heavy (non-hydrogen) atoms. The van der Waals surface area contributed by atoms with Crippen molar-refractivity contribution >= 4 is 23.5 Å². The molecule has 0 fully saturated rings. The molecule has 0 aliphatic heterocycles. The number of rotatable bonds is 22. The van der Waals surface area contributed by atoms with Gasteiger partial charge in [-0.25, -0.2) is 0 Å². The second kappa shape index (κ2) is 18.9. The van der Waals surface area contributed by atoms with Crippen LogP contribution >= 0.6 is 0 Å². The van der Waals surface area contributed by atoms with Crippen LogP contribution in [0.1, 0.15) is 106 Å². The Bertz CT molecular complexity index is 809. The minimum Gasteiger partial charge on any atom is -0.463 e. The van der Waals surface area contributed by atoms with E-state index in [0.717, 1.165) is 25.7 Å². The molecule has 1 aliphatic carbocycles. The first kappa shape index (κ1) is 35.7. The van der Waals surface area contributed by atoms with Crippen LogP contribution in [0.15, 0.2) is 23.3 Å². The minimum absolute atomic E-state index is 0.179. The number of carbonyl (C=O) groups is 4. The molecule has 228 valence electrons. The van der Waals surface area contributed by atoms with E-state index in [2.05, 4.69) is 13.8 Å². The summed E-state index contributed by atoms with van der Waals surface area (Å²) < 4.78 is 21.2. The fourth-order valence-electron chi connectivity index (χ4n) is 4.51. The van der Waals surface area contributed by atoms with Crippen molar-refractivity contribution in [3.63, 3.8) is 0 Å². The van der Waals surface area contributed by atoms with Crippen molar-refractivity contribution in [1.82, 2.24) is 0 Å². The molecule has 0 radical (unpaired) electrons. The van der Waals surface area contributed by atoms with E-state index in [0.29, 0.717) is 63.3 Å². The number of ether oxygens (including phenoxy) is 4. The Morgan fingerprint density at radius 2 is 0.975 bits per heavy atom. The number of ketones is 2. The van der Waals surface area contributed by atoms with Crippen molar-refractivity contribution in [3.05, 3.63) is 23.3 Å². The van der Waals surface area contributed by atoms with Crippen LogP contribution in [0, 0.1) is 10.8 Å². The maximum Gasteiger partial charge on any atom is 0.305 e. The Morgan fingerprint density at radius 1 is 0.600 bits per heavy atom. The summed E-state index contributed by atoms with van der Waals surface area (Å²) in [4.78, 5) is 50.3. The normalized spacial score (nSPS) is 14.2. The molecular weight excluding hydrogens is 512 g/mol. The van der Waals surface area contributed by atoms with Crippen LogP contribution < -0.4 is 0 Å². The van der Waals surface area contributed by atoms with E-state index in [1.54, 1.807) is 0 Å². The Labute approximate surface area is 241 Å². The third-order valence-corrected chi connectivity index (χ3v) is 7.17. The number of allylic oxidation sites excluding steroid dienone is 4. The molecule has 1 aliphatic rings. The third kappa shape index (κ3) is 13.8. The van der Waals surface area contributed by atoms with Crippen LogP contribution in [0.25, 0.3) is 0 Å². The van der Waals surface area contributed by atoms with Crippen LogP contribution in [-0.2, 0) is 38.1 Å². The van der Waals surface area contributed by atoms with Crippen molar-refractivity contribution in [3.8, 4) is 0 Å². The number of hydrogen-bond donors (Lipinski definition) is 0. The first-order chi connectivity index (χ1) is 18.9. The molecule has 0 spiro atoms. The van der Waals surface area contributed by atoms with E-state index in [4.69, 9.17) is 18.9 Å². The van der Waals surface area contributed by atoms with E-state index in [9.17, 15) is 19.2 Å². The highest BCUT2D eigenvalue weighted by Crippen LogP contribution is 2.40. The van der Waals surface area contributed by atoms with Gasteiger partial charge >= 0.3 is 11.9 Å². The van der Waals surface area contributed by atoms with Gasteiger partial charge in [0.2, 0.25) is 0 Å². The van der Waals surface area contributed by atoms with Gasteiger partial charge in [-0.3, -0.25) is 19.2 Å². The summed E-state index contributed by atoms with van der Waals surface area (Å²) in [5.41, 5.74) is -0.210. The van der Waals surface area contributed by atoms with E-state index < -0.39 is 10.8 Å². The number of unbranched alkanes of at least 4 members (excludes halogenated alkanes) is 2. The van der Waals surface area contributed by atoms with Crippen LogP contribution in [0.5, 0.6) is 0 Å². The lowest BCUT2D eigenvalue weighted by atomic mass is 9.70. The van der Waals surface area contributed by atoms with Crippen molar-refractivity contribution in [2.24, 2.45) is 10.8 Å². The van der Waals surface area contributed by atoms with Crippen LogP contribution in [0.3, 0.4) is 0 Å². The van der Waals surface area contributed by atoms with Gasteiger partial charge in [0.05, 0.1) is 13.2 Å². The van der Waals surface area contributed by atoms with E-state index in [1.807, 2.05) is 27.7 Å². The molecule has 0 unspecified atom stereocenters. The summed E-state index contributed by atoms with van der Waals surface area (Å²) in [6.07, 6.45) is 9.72. The van der Waals surface area contributed by atoms with Crippen molar-refractivity contribution in [2.75, 3.05) is 39.6 Å². The van der Waals surface area contributed by atoms with Gasteiger partial charge in [0, 0.05) is 37.2 Å². The monoisotopic (exact) mass is 564 g/mol. The van der Waals surface area contributed by atoms with Crippen LogP contribution in [-0.4, -0.2) is 63.1 Å². The molecule has 0 aromatic heterocycles. The summed E-state index contributed by atoms with van der Waals surface area (Å²) in [6, 6.07) is 0. The molecule has 0 saturated carbocycles. The zero-order chi connectivity index (χ0) is 30.0. The van der Waals surface area contributed by atoms with Gasteiger partial charge < -0.3 is 18.9 Å². The number of hydrogen-bond acceptors (Lipinski definition) is 8. The summed E-state index contributed by atoms with van der Waals surface area (Å²) in [5, 5.41) is 0. The molecule has 0 aromatic rings. The zero-order valence-electron chi connectivity index (χ0n) is 25.7. The lowest BCUT2D eigenvalue weighted by molar-refractivity contribution is -0.146. The summed E-state index contributed by atoms with van der Waals surface area (Å²) in [5.74, 6) is -0.935. The van der Waals surface area contributed by atoms with E-state index >= 15 is 0 Å². The zero-order valence-corrected chi connectivity index (χ0v) is 25.7. The average molecular weight is 565 g/mol. The van der Waals surface area contributed by atoms with Crippen molar-refractivity contribution in [1.29, 1.82) is 0 Å². The van der Waals surface area contributed by atoms with Gasteiger partial charge in [-0.05, 0) is 61.5 Å². The molecule has 0 bridgehead atoms. The Kier molecular flexibility index (Phi) is 16.9. The Morgan fingerprint density at radius 3 is 1.32 bits per heavy atom. The molecule has 0 heterocycles. The number of esters is 2. The van der Waals surface area contributed by atoms with Gasteiger partial charge in [-0.2, -0.15) is 0 Å². The fraction of sp³-hybridized carbons (Fsp3) is 0.750. The molecular formula is C32H52O8.